The Morgan fingerprint density at radius 2 is 2.24 bits per heavy atom. The summed E-state index contributed by atoms with van der Waals surface area (Å²) in [4.78, 5) is 26.0. The van der Waals surface area contributed by atoms with Gasteiger partial charge in [-0.05, 0) is 19.9 Å². The van der Waals surface area contributed by atoms with E-state index in [1.165, 1.54) is 6.33 Å². The number of nitrogens with one attached hydrogen (secondary N) is 2. The second kappa shape index (κ2) is 5.39. The van der Waals surface area contributed by atoms with E-state index in [1.54, 1.807) is 13.1 Å². The Morgan fingerprint density at radius 1 is 1.43 bits per heavy atom. The molecule has 0 aromatic carbocycles. The Morgan fingerprint density at radius 3 is 2.86 bits per heavy atom. The van der Waals surface area contributed by atoms with Gasteiger partial charge in [0.1, 0.15) is 17.9 Å². The van der Waals surface area contributed by atoms with Gasteiger partial charge in [0, 0.05) is 19.3 Å². The number of urea groups is 1. The first-order chi connectivity index (χ1) is 10.1. The molecule has 2 amide bonds. The van der Waals surface area contributed by atoms with Crippen LogP contribution in [0.5, 0.6) is 0 Å². The van der Waals surface area contributed by atoms with E-state index in [2.05, 4.69) is 30.5 Å². The smallest absolute Gasteiger partial charge is 0.323 e. The zero-order chi connectivity index (χ0) is 14.8. The molecule has 0 spiro atoms. The molecule has 0 unspecified atom stereocenters. The van der Waals surface area contributed by atoms with E-state index in [9.17, 15) is 4.79 Å². The van der Waals surface area contributed by atoms with Crippen molar-refractivity contribution in [2.45, 2.75) is 19.9 Å². The molecule has 2 aromatic rings. The molecular weight excluding hydrogens is 272 g/mol. The van der Waals surface area contributed by atoms with Crippen LogP contribution in [0, 0.1) is 13.8 Å². The third-order valence-electron chi connectivity index (χ3n) is 3.36. The van der Waals surface area contributed by atoms with Crippen LogP contribution in [0.25, 0.3) is 0 Å². The topological polar surface area (TPSA) is 96.2 Å². The van der Waals surface area contributed by atoms with E-state index in [1.807, 2.05) is 13.0 Å². The van der Waals surface area contributed by atoms with Crippen molar-refractivity contribution in [1.82, 2.24) is 20.3 Å². The number of hydrogen-bond donors (Lipinski definition) is 2. The largest absolute Gasteiger partial charge is 0.428 e. The summed E-state index contributed by atoms with van der Waals surface area (Å²) >= 11 is 0. The van der Waals surface area contributed by atoms with Crippen LogP contribution in [0.15, 0.2) is 23.0 Å². The van der Waals surface area contributed by atoms with E-state index < -0.39 is 0 Å². The zero-order valence-corrected chi connectivity index (χ0v) is 11.8. The van der Waals surface area contributed by atoms with Crippen molar-refractivity contribution in [3.8, 4) is 0 Å². The van der Waals surface area contributed by atoms with Gasteiger partial charge >= 0.3 is 12.0 Å². The second-order valence-corrected chi connectivity index (χ2v) is 4.93. The first-order valence-electron chi connectivity index (χ1n) is 6.64. The molecular formula is C13H16N6O2. The van der Waals surface area contributed by atoms with E-state index in [4.69, 9.17) is 4.42 Å². The standard InChI is InChI=1S/C13H16N6O2/c1-8-9(2)21-13(16-8)18-12(20)17-10-5-19(6-10)11-3-4-14-7-15-11/h3-4,7,10H,5-6H2,1-2H3,(H2,16,17,18,20). The Bertz CT molecular complexity index is 616. The highest BCUT2D eigenvalue weighted by atomic mass is 16.4. The molecule has 1 aliphatic heterocycles. The van der Waals surface area contributed by atoms with Gasteiger partial charge in [-0.15, -0.1) is 0 Å². The Hall–Kier alpha value is -2.64. The van der Waals surface area contributed by atoms with Crippen molar-refractivity contribution >= 4 is 17.9 Å². The molecule has 8 nitrogen and oxygen atoms in total. The average molecular weight is 288 g/mol. The van der Waals surface area contributed by atoms with E-state index >= 15 is 0 Å². The van der Waals surface area contributed by atoms with Crippen LogP contribution in [-0.2, 0) is 0 Å². The van der Waals surface area contributed by atoms with Gasteiger partial charge in [0.05, 0.1) is 11.7 Å². The predicted molar refractivity (Wildman–Crippen MR) is 76.2 cm³/mol. The zero-order valence-electron chi connectivity index (χ0n) is 11.8. The highest BCUT2D eigenvalue weighted by molar-refractivity contribution is 5.87. The van der Waals surface area contributed by atoms with Crippen LogP contribution in [-0.4, -0.2) is 40.1 Å². The van der Waals surface area contributed by atoms with E-state index in [0.717, 1.165) is 11.5 Å². The molecule has 1 aliphatic rings. The molecule has 0 bridgehead atoms. The number of carbonyl (C=O) groups is 1. The first kappa shape index (κ1) is 13.3. The van der Waals surface area contributed by atoms with Gasteiger partial charge in [-0.2, -0.15) is 4.98 Å². The summed E-state index contributed by atoms with van der Waals surface area (Å²) < 4.78 is 5.30. The van der Waals surface area contributed by atoms with Crippen LogP contribution in [0.3, 0.4) is 0 Å². The number of nitrogens with zero attached hydrogens (tertiary/aromatic N) is 4. The fourth-order valence-corrected chi connectivity index (χ4v) is 2.07. The van der Waals surface area contributed by atoms with Crippen LogP contribution >= 0.6 is 0 Å². The van der Waals surface area contributed by atoms with E-state index in [-0.39, 0.29) is 18.1 Å². The SMILES string of the molecule is Cc1nc(NC(=O)NC2CN(c3ccncn3)C2)oc1C. The van der Waals surface area contributed by atoms with Gasteiger partial charge in [0.2, 0.25) is 0 Å². The van der Waals surface area contributed by atoms with Gasteiger partial charge < -0.3 is 14.6 Å². The molecule has 0 radical (unpaired) electrons. The summed E-state index contributed by atoms with van der Waals surface area (Å²) in [6.07, 6.45) is 3.21. The maximum Gasteiger partial charge on any atom is 0.323 e. The average Bonchev–Trinajstić information content (AvgIpc) is 2.73. The molecule has 2 N–H and O–H groups in total. The molecule has 3 heterocycles. The minimum atomic E-state index is -0.316. The van der Waals surface area contributed by atoms with Gasteiger partial charge in [0.25, 0.3) is 0 Å². The van der Waals surface area contributed by atoms with Crippen molar-refractivity contribution in [2.75, 3.05) is 23.3 Å². The van der Waals surface area contributed by atoms with Crippen LogP contribution < -0.4 is 15.5 Å². The molecule has 3 rings (SSSR count). The molecule has 8 heteroatoms. The number of oxazole rings is 1. The molecule has 1 saturated heterocycles. The monoisotopic (exact) mass is 288 g/mol. The maximum absolute atomic E-state index is 11.8. The summed E-state index contributed by atoms with van der Waals surface area (Å²) in [5.41, 5.74) is 0.767. The summed E-state index contributed by atoms with van der Waals surface area (Å²) in [5, 5.41) is 5.44. The third kappa shape index (κ3) is 2.93. The molecule has 0 atom stereocenters. The number of aromatic nitrogens is 3. The minimum Gasteiger partial charge on any atom is -0.428 e. The number of carbonyl (C=O) groups excluding carboxylic acids is 1. The van der Waals surface area contributed by atoms with Crippen molar-refractivity contribution in [3.63, 3.8) is 0 Å². The number of rotatable bonds is 3. The summed E-state index contributed by atoms with van der Waals surface area (Å²) in [7, 11) is 0. The maximum atomic E-state index is 11.8. The third-order valence-corrected chi connectivity index (χ3v) is 3.36. The van der Waals surface area contributed by atoms with Crippen LogP contribution in [0.1, 0.15) is 11.5 Å². The molecule has 1 fully saturated rings. The summed E-state index contributed by atoms with van der Waals surface area (Å²) in [6, 6.07) is 1.82. The van der Waals surface area contributed by atoms with Crippen molar-refractivity contribution in [1.29, 1.82) is 0 Å². The van der Waals surface area contributed by atoms with Gasteiger partial charge in [-0.1, -0.05) is 0 Å². The summed E-state index contributed by atoms with van der Waals surface area (Å²) in [5.74, 6) is 1.56. The molecule has 2 aromatic heterocycles. The predicted octanol–water partition coefficient (Wildman–Crippen LogP) is 1.09. The number of aryl methyl sites for hydroxylation is 2. The fourth-order valence-electron chi connectivity index (χ4n) is 2.07. The second-order valence-electron chi connectivity index (χ2n) is 4.93. The van der Waals surface area contributed by atoms with Crippen molar-refractivity contribution < 1.29 is 9.21 Å². The van der Waals surface area contributed by atoms with Crippen LogP contribution in [0.2, 0.25) is 0 Å². The Balaban J connectivity index is 1.47. The lowest BCUT2D eigenvalue weighted by atomic mass is 10.1. The molecule has 0 aliphatic carbocycles. The first-order valence-corrected chi connectivity index (χ1v) is 6.64. The fraction of sp³-hybridized carbons (Fsp3) is 0.385. The highest BCUT2D eigenvalue weighted by Gasteiger charge is 2.29. The lowest BCUT2D eigenvalue weighted by Crippen LogP contribution is -2.60. The van der Waals surface area contributed by atoms with Crippen molar-refractivity contribution in [3.05, 3.63) is 30.0 Å². The van der Waals surface area contributed by atoms with Gasteiger partial charge in [-0.25, -0.2) is 14.8 Å². The lowest BCUT2D eigenvalue weighted by Gasteiger charge is -2.40. The number of amides is 2. The van der Waals surface area contributed by atoms with Crippen molar-refractivity contribution in [2.24, 2.45) is 0 Å². The Labute approximate surface area is 121 Å². The summed E-state index contributed by atoms with van der Waals surface area (Å²) in [6.45, 7) is 5.06. The number of anilines is 2. The number of hydrogen-bond acceptors (Lipinski definition) is 6. The van der Waals surface area contributed by atoms with Gasteiger partial charge in [-0.3, -0.25) is 5.32 Å². The normalized spacial score (nSPS) is 14.7. The minimum absolute atomic E-state index is 0.0807. The molecule has 110 valence electrons. The van der Waals surface area contributed by atoms with Crippen LogP contribution in [0.4, 0.5) is 16.6 Å². The quantitative estimate of drug-likeness (QED) is 0.877. The van der Waals surface area contributed by atoms with E-state index in [0.29, 0.717) is 18.8 Å². The molecule has 0 saturated carbocycles. The highest BCUT2D eigenvalue weighted by Crippen LogP contribution is 2.17. The Kier molecular flexibility index (Phi) is 3.43. The lowest BCUT2D eigenvalue weighted by molar-refractivity contribution is 0.245. The molecule has 21 heavy (non-hydrogen) atoms. The van der Waals surface area contributed by atoms with Gasteiger partial charge in [0.15, 0.2) is 0 Å².